The molecule has 1 aromatic heterocycles. The molecular formula is C22H22Cl2N4O2. The smallest absolute Gasteiger partial charge is 0.241 e. The van der Waals surface area contributed by atoms with Crippen molar-refractivity contribution in [1.82, 2.24) is 15.0 Å². The zero-order valence-electron chi connectivity index (χ0n) is 16.6. The fraction of sp³-hybridized carbons (Fsp3) is 0.318. The van der Waals surface area contributed by atoms with Gasteiger partial charge in [-0.2, -0.15) is 4.98 Å². The van der Waals surface area contributed by atoms with Crippen LogP contribution in [0.25, 0.3) is 11.4 Å². The number of nitrogens with zero attached hydrogens (tertiary/aromatic N) is 3. The number of rotatable bonds is 5. The number of hydrogen-bond acceptors (Lipinski definition) is 5. The molecule has 0 aliphatic carbocycles. The highest BCUT2D eigenvalue weighted by molar-refractivity contribution is 6.33. The summed E-state index contributed by atoms with van der Waals surface area (Å²) in [5.41, 5.74) is 2.52. The molecule has 1 saturated heterocycles. The van der Waals surface area contributed by atoms with Crippen molar-refractivity contribution in [2.75, 3.05) is 18.4 Å². The lowest BCUT2D eigenvalue weighted by Gasteiger charge is -2.30. The van der Waals surface area contributed by atoms with Gasteiger partial charge in [0, 0.05) is 22.2 Å². The van der Waals surface area contributed by atoms with E-state index in [0.29, 0.717) is 28.3 Å². The molecule has 0 bridgehead atoms. The van der Waals surface area contributed by atoms with Crippen molar-refractivity contribution in [2.24, 2.45) is 5.92 Å². The van der Waals surface area contributed by atoms with Crippen LogP contribution in [0.15, 0.2) is 47.0 Å². The van der Waals surface area contributed by atoms with Crippen molar-refractivity contribution in [1.29, 1.82) is 0 Å². The first kappa shape index (κ1) is 20.8. The fourth-order valence-electron chi connectivity index (χ4n) is 3.58. The number of hydrogen-bond donors (Lipinski definition) is 1. The number of piperidine rings is 1. The number of carbonyl (C=O) groups is 1. The van der Waals surface area contributed by atoms with E-state index >= 15 is 0 Å². The van der Waals surface area contributed by atoms with Crippen LogP contribution in [0.3, 0.4) is 0 Å². The lowest BCUT2D eigenvalue weighted by molar-refractivity contribution is -0.121. The predicted molar refractivity (Wildman–Crippen MR) is 118 cm³/mol. The van der Waals surface area contributed by atoms with Gasteiger partial charge in [-0.05, 0) is 62.7 Å². The number of aromatic nitrogens is 2. The third kappa shape index (κ3) is 4.83. The molecule has 1 N–H and O–H groups in total. The summed E-state index contributed by atoms with van der Waals surface area (Å²) in [7, 11) is 0. The Morgan fingerprint density at radius 2 is 1.97 bits per heavy atom. The maximum atomic E-state index is 12.7. The van der Waals surface area contributed by atoms with Gasteiger partial charge >= 0.3 is 0 Å². The first-order valence-corrected chi connectivity index (χ1v) is 10.6. The maximum Gasteiger partial charge on any atom is 0.241 e. The molecule has 0 radical (unpaired) electrons. The third-order valence-electron chi connectivity index (χ3n) is 5.36. The SMILES string of the molecule is Cc1ccc(Cl)cc1NC(=O)C1CCN(Cc2nc(-c3ccccc3Cl)no2)CC1. The van der Waals surface area contributed by atoms with Crippen molar-refractivity contribution in [3.05, 3.63) is 64.0 Å². The Kier molecular flexibility index (Phi) is 6.37. The lowest BCUT2D eigenvalue weighted by Crippen LogP contribution is -2.37. The maximum absolute atomic E-state index is 12.7. The van der Waals surface area contributed by atoms with Crippen LogP contribution in [0, 0.1) is 12.8 Å². The largest absolute Gasteiger partial charge is 0.338 e. The fourth-order valence-corrected chi connectivity index (χ4v) is 3.97. The standard InChI is InChI=1S/C22H22Cl2N4O2/c1-14-6-7-16(23)12-19(14)25-22(29)15-8-10-28(11-9-15)13-20-26-21(27-30-20)17-4-2-3-5-18(17)24/h2-7,12,15H,8-11,13H2,1H3,(H,25,29). The molecule has 2 aromatic carbocycles. The van der Waals surface area contributed by atoms with Crippen LogP contribution < -0.4 is 5.32 Å². The molecule has 1 fully saturated rings. The minimum Gasteiger partial charge on any atom is -0.338 e. The van der Waals surface area contributed by atoms with Crippen molar-refractivity contribution in [3.8, 4) is 11.4 Å². The van der Waals surface area contributed by atoms with Crippen molar-refractivity contribution >= 4 is 34.8 Å². The highest BCUT2D eigenvalue weighted by Gasteiger charge is 2.26. The van der Waals surface area contributed by atoms with Gasteiger partial charge < -0.3 is 9.84 Å². The summed E-state index contributed by atoms with van der Waals surface area (Å²) in [5.74, 6) is 1.05. The van der Waals surface area contributed by atoms with E-state index in [9.17, 15) is 4.79 Å². The number of nitrogens with one attached hydrogen (secondary N) is 1. The van der Waals surface area contributed by atoms with Crippen LogP contribution >= 0.6 is 23.2 Å². The van der Waals surface area contributed by atoms with Gasteiger partial charge in [0.25, 0.3) is 0 Å². The quantitative estimate of drug-likeness (QED) is 0.585. The highest BCUT2D eigenvalue weighted by atomic mass is 35.5. The second-order valence-electron chi connectivity index (χ2n) is 7.49. The molecule has 0 spiro atoms. The molecule has 1 aliphatic heterocycles. The number of benzene rings is 2. The topological polar surface area (TPSA) is 71.3 Å². The molecule has 0 atom stereocenters. The van der Waals surface area contributed by atoms with E-state index in [4.69, 9.17) is 27.7 Å². The van der Waals surface area contributed by atoms with Crippen LogP contribution in [0.1, 0.15) is 24.3 Å². The van der Waals surface area contributed by atoms with Gasteiger partial charge in [0.15, 0.2) is 0 Å². The Morgan fingerprint density at radius 3 is 2.73 bits per heavy atom. The third-order valence-corrected chi connectivity index (χ3v) is 5.92. The number of carbonyl (C=O) groups excluding carboxylic acids is 1. The van der Waals surface area contributed by atoms with E-state index in [0.717, 1.165) is 42.7 Å². The number of likely N-dealkylation sites (tertiary alicyclic amines) is 1. The molecule has 3 aromatic rings. The average Bonchev–Trinajstić information content (AvgIpc) is 3.20. The van der Waals surface area contributed by atoms with E-state index in [1.54, 1.807) is 12.1 Å². The molecule has 1 aliphatic rings. The van der Waals surface area contributed by atoms with Gasteiger partial charge in [0.2, 0.25) is 17.6 Å². The first-order valence-electron chi connectivity index (χ1n) is 9.86. The summed E-state index contributed by atoms with van der Waals surface area (Å²) < 4.78 is 5.40. The van der Waals surface area contributed by atoms with Crippen LogP contribution in [0.4, 0.5) is 5.69 Å². The number of anilines is 1. The van der Waals surface area contributed by atoms with Crippen LogP contribution in [0.5, 0.6) is 0 Å². The average molecular weight is 445 g/mol. The normalized spacial score (nSPS) is 15.3. The van der Waals surface area contributed by atoms with E-state index in [-0.39, 0.29) is 11.8 Å². The van der Waals surface area contributed by atoms with E-state index in [1.807, 2.05) is 37.3 Å². The predicted octanol–water partition coefficient (Wildman–Crippen LogP) is 5.20. The Bertz CT molecular complexity index is 1050. The minimum atomic E-state index is -0.0268. The van der Waals surface area contributed by atoms with Crippen LogP contribution in [-0.4, -0.2) is 34.0 Å². The molecular weight excluding hydrogens is 423 g/mol. The van der Waals surface area contributed by atoms with Gasteiger partial charge in [0.1, 0.15) is 0 Å². The molecule has 0 unspecified atom stereocenters. The second kappa shape index (κ2) is 9.16. The van der Waals surface area contributed by atoms with E-state index in [2.05, 4.69) is 20.4 Å². The summed E-state index contributed by atoms with van der Waals surface area (Å²) in [6, 6.07) is 12.9. The van der Waals surface area contributed by atoms with Gasteiger partial charge in [-0.15, -0.1) is 0 Å². The number of halogens is 2. The molecule has 6 nitrogen and oxygen atoms in total. The molecule has 30 heavy (non-hydrogen) atoms. The summed E-state index contributed by atoms with van der Waals surface area (Å²) in [5, 5.41) is 8.26. The second-order valence-corrected chi connectivity index (χ2v) is 8.33. The van der Waals surface area contributed by atoms with Gasteiger partial charge in [0.05, 0.1) is 11.6 Å². The summed E-state index contributed by atoms with van der Waals surface area (Å²) in [4.78, 5) is 19.4. The minimum absolute atomic E-state index is 0.0268. The number of aryl methyl sites for hydroxylation is 1. The molecule has 1 amide bonds. The first-order chi connectivity index (χ1) is 14.5. The van der Waals surface area contributed by atoms with Gasteiger partial charge in [-0.1, -0.05) is 46.6 Å². The summed E-state index contributed by atoms with van der Waals surface area (Å²) in [6.07, 6.45) is 1.55. The van der Waals surface area contributed by atoms with E-state index < -0.39 is 0 Å². The van der Waals surface area contributed by atoms with E-state index in [1.165, 1.54) is 0 Å². The molecule has 156 valence electrons. The van der Waals surface area contributed by atoms with Crippen LogP contribution in [0.2, 0.25) is 10.0 Å². The molecule has 2 heterocycles. The van der Waals surface area contributed by atoms with Crippen molar-refractivity contribution < 1.29 is 9.32 Å². The zero-order valence-corrected chi connectivity index (χ0v) is 18.1. The highest BCUT2D eigenvalue weighted by Crippen LogP contribution is 2.26. The van der Waals surface area contributed by atoms with Gasteiger partial charge in [-0.3, -0.25) is 9.69 Å². The Labute approximate surface area is 185 Å². The Hall–Kier alpha value is -2.41. The molecule has 4 rings (SSSR count). The summed E-state index contributed by atoms with van der Waals surface area (Å²) >= 11 is 12.3. The van der Waals surface area contributed by atoms with Crippen LogP contribution in [-0.2, 0) is 11.3 Å². The van der Waals surface area contributed by atoms with Crippen molar-refractivity contribution in [2.45, 2.75) is 26.3 Å². The molecule has 0 saturated carbocycles. The van der Waals surface area contributed by atoms with Crippen molar-refractivity contribution in [3.63, 3.8) is 0 Å². The lowest BCUT2D eigenvalue weighted by atomic mass is 9.95. The van der Waals surface area contributed by atoms with Gasteiger partial charge in [-0.25, -0.2) is 0 Å². The number of amides is 1. The Morgan fingerprint density at radius 1 is 1.20 bits per heavy atom. The summed E-state index contributed by atoms with van der Waals surface area (Å²) in [6.45, 7) is 4.09. The Balaban J connectivity index is 1.31. The monoisotopic (exact) mass is 444 g/mol. The molecule has 8 heteroatoms. The zero-order chi connectivity index (χ0) is 21.1.